The van der Waals surface area contributed by atoms with Gasteiger partial charge in [0.1, 0.15) is 11.2 Å². The van der Waals surface area contributed by atoms with Gasteiger partial charge < -0.3 is 20.1 Å². The average Bonchev–Trinajstić information content (AvgIpc) is 2.97. The van der Waals surface area contributed by atoms with Crippen LogP contribution < -0.4 is 10.1 Å². The topological polar surface area (TPSA) is 95.9 Å². The molecule has 1 aliphatic carbocycles. The van der Waals surface area contributed by atoms with Gasteiger partial charge in [0.05, 0.1) is 18.6 Å². The van der Waals surface area contributed by atoms with Crippen molar-refractivity contribution in [2.45, 2.75) is 43.1 Å². The first kappa shape index (κ1) is 28.4. The number of carbonyl (C=O) groups is 3. The van der Waals surface area contributed by atoms with Gasteiger partial charge >= 0.3 is 5.97 Å². The van der Waals surface area contributed by atoms with Crippen LogP contribution in [0.5, 0.6) is 5.75 Å². The number of carboxylic acids is 1. The van der Waals surface area contributed by atoms with Gasteiger partial charge in [0.15, 0.2) is 0 Å². The number of halogens is 2. The standard InChI is InChI=1S/C31H30Br2N2O5/c1-40-27-5-3-2-4-25(27)28(36)34-22-13-16-35(17-14-22)29(37)24-12-15-31(30(38)39,19-6-8-20(32)9-7-19)26-18-21(33)10-11-23(24)26/h2-11,18,22,24H,12-17H2,1H3,(H,34,36)(H,38,39). The monoisotopic (exact) mass is 668 g/mol. The SMILES string of the molecule is COc1ccccc1C(=O)NC1CCN(C(=O)C2CCC(C(=O)O)(c3ccc(Br)cc3)c3cc(Br)ccc32)CC1. The largest absolute Gasteiger partial charge is 0.496 e. The van der Waals surface area contributed by atoms with Crippen molar-refractivity contribution >= 4 is 49.6 Å². The second kappa shape index (κ2) is 11.7. The van der Waals surface area contributed by atoms with Crippen LogP contribution in [0, 0.1) is 0 Å². The van der Waals surface area contributed by atoms with Gasteiger partial charge in [-0.25, -0.2) is 0 Å². The molecular formula is C31H30Br2N2O5. The second-order valence-corrected chi connectivity index (χ2v) is 12.1. The molecule has 1 heterocycles. The van der Waals surface area contributed by atoms with E-state index in [1.54, 1.807) is 18.2 Å². The molecule has 1 saturated heterocycles. The second-order valence-electron chi connectivity index (χ2n) is 10.3. The summed E-state index contributed by atoms with van der Waals surface area (Å²) in [7, 11) is 1.54. The van der Waals surface area contributed by atoms with Crippen LogP contribution in [0.4, 0.5) is 0 Å². The first-order valence-corrected chi connectivity index (χ1v) is 14.8. The van der Waals surface area contributed by atoms with Crippen molar-refractivity contribution in [2.24, 2.45) is 0 Å². The minimum absolute atomic E-state index is 0.00729. The van der Waals surface area contributed by atoms with Crippen LogP contribution in [0.3, 0.4) is 0 Å². The summed E-state index contributed by atoms with van der Waals surface area (Å²) in [6.45, 7) is 1.05. The number of piperidine rings is 1. The predicted molar refractivity (Wildman–Crippen MR) is 159 cm³/mol. The summed E-state index contributed by atoms with van der Waals surface area (Å²) >= 11 is 6.96. The summed E-state index contributed by atoms with van der Waals surface area (Å²) in [5.41, 5.74) is 1.35. The number of rotatable bonds is 6. The Morgan fingerprint density at radius 1 is 0.950 bits per heavy atom. The van der Waals surface area contributed by atoms with Crippen molar-refractivity contribution in [3.8, 4) is 5.75 Å². The maximum atomic E-state index is 13.9. The van der Waals surface area contributed by atoms with Crippen LogP contribution >= 0.6 is 31.9 Å². The molecule has 2 unspecified atom stereocenters. The van der Waals surface area contributed by atoms with Crippen molar-refractivity contribution in [2.75, 3.05) is 20.2 Å². The van der Waals surface area contributed by atoms with Crippen molar-refractivity contribution in [3.05, 3.63) is 97.9 Å². The van der Waals surface area contributed by atoms with Gasteiger partial charge in [-0.3, -0.25) is 14.4 Å². The Labute approximate surface area is 250 Å². The van der Waals surface area contributed by atoms with Crippen molar-refractivity contribution in [3.63, 3.8) is 0 Å². The van der Waals surface area contributed by atoms with Crippen LogP contribution in [-0.4, -0.2) is 54.0 Å². The predicted octanol–water partition coefficient (Wildman–Crippen LogP) is 5.89. The van der Waals surface area contributed by atoms with E-state index in [9.17, 15) is 19.5 Å². The van der Waals surface area contributed by atoms with Crippen LogP contribution in [-0.2, 0) is 15.0 Å². The number of hydrogen-bond acceptors (Lipinski definition) is 4. The van der Waals surface area contributed by atoms with Gasteiger partial charge in [-0.15, -0.1) is 0 Å². The Morgan fingerprint density at radius 3 is 2.30 bits per heavy atom. The van der Waals surface area contributed by atoms with Crippen LogP contribution in [0.25, 0.3) is 0 Å². The fourth-order valence-corrected chi connectivity index (χ4v) is 6.67. The number of aliphatic carboxylic acids is 1. The van der Waals surface area contributed by atoms with E-state index in [4.69, 9.17) is 4.74 Å². The number of amides is 2. The number of likely N-dealkylation sites (tertiary alicyclic amines) is 1. The Bertz CT molecular complexity index is 1440. The maximum absolute atomic E-state index is 13.9. The maximum Gasteiger partial charge on any atom is 0.318 e. The molecule has 5 rings (SSSR count). The van der Waals surface area contributed by atoms with Gasteiger partial charge in [-0.2, -0.15) is 0 Å². The fourth-order valence-electron chi connectivity index (χ4n) is 6.05. The van der Waals surface area contributed by atoms with E-state index < -0.39 is 17.3 Å². The Hall–Kier alpha value is -3.17. The third-order valence-electron chi connectivity index (χ3n) is 8.15. The molecule has 0 radical (unpaired) electrons. The van der Waals surface area contributed by atoms with E-state index in [2.05, 4.69) is 37.2 Å². The Balaban J connectivity index is 1.34. The van der Waals surface area contributed by atoms with E-state index in [1.165, 1.54) is 7.11 Å². The van der Waals surface area contributed by atoms with Gasteiger partial charge in [-0.1, -0.05) is 62.2 Å². The lowest BCUT2D eigenvalue weighted by atomic mass is 9.63. The lowest BCUT2D eigenvalue weighted by molar-refractivity contribution is -0.144. The molecule has 40 heavy (non-hydrogen) atoms. The molecule has 3 aromatic rings. The average molecular weight is 670 g/mol. The molecule has 9 heteroatoms. The van der Waals surface area contributed by atoms with E-state index >= 15 is 0 Å². The summed E-state index contributed by atoms with van der Waals surface area (Å²) < 4.78 is 6.96. The van der Waals surface area contributed by atoms with E-state index in [-0.39, 0.29) is 17.9 Å². The number of nitrogens with one attached hydrogen (secondary N) is 1. The molecule has 2 aliphatic rings. The number of benzene rings is 3. The molecule has 0 saturated carbocycles. The lowest BCUT2D eigenvalue weighted by Gasteiger charge is -2.41. The highest BCUT2D eigenvalue weighted by Gasteiger charge is 2.49. The Morgan fingerprint density at radius 2 is 1.62 bits per heavy atom. The third kappa shape index (κ3) is 5.29. The van der Waals surface area contributed by atoms with Gasteiger partial charge in [0, 0.05) is 28.1 Å². The number of fused-ring (bicyclic) bond motifs is 1. The van der Waals surface area contributed by atoms with Crippen molar-refractivity contribution < 1.29 is 24.2 Å². The minimum atomic E-state index is -1.24. The molecule has 2 N–H and O–H groups in total. The number of carbonyl (C=O) groups excluding carboxylic acids is 2. The Kier molecular flexibility index (Phi) is 8.33. The van der Waals surface area contributed by atoms with Crippen molar-refractivity contribution in [1.82, 2.24) is 10.2 Å². The molecule has 2 atom stereocenters. The summed E-state index contributed by atoms with van der Waals surface area (Å²) in [5.74, 6) is -1.01. The van der Waals surface area contributed by atoms with Gasteiger partial charge in [0.2, 0.25) is 5.91 Å². The van der Waals surface area contributed by atoms with Crippen LogP contribution in [0.15, 0.2) is 75.7 Å². The molecule has 2 amide bonds. The number of para-hydroxylation sites is 1. The number of methoxy groups -OCH3 is 1. The number of carboxylic acid groups (broad SMARTS) is 1. The highest BCUT2D eigenvalue weighted by atomic mass is 79.9. The normalized spacial score (nSPS) is 20.9. The zero-order valence-electron chi connectivity index (χ0n) is 22.0. The van der Waals surface area contributed by atoms with E-state index in [1.807, 2.05) is 53.4 Å². The van der Waals surface area contributed by atoms with E-state index in [0.717, 1.165) is 14.5 Å². The first-order valence-electron chi connectivity index (χ1n) is 13.3. The molecular weight excluding hydrogens is 640 g/mol. The zero-order chi connectivity index (χ0) is 28.4. The summed E-state index contributed by atoms with van der Waals surface area (Å²) in [5, 5.41) is 13.7. The molecule has 0 bridgehead atoms. The summed E-state index contributed by atoms with van der Waals surface area (Å²) in [4.78, 5) is 41.5. The summed E-state index contributed by atoms with van der Waals surface area (Å²) in [6.07, 6.45) is 2.03. The third-order valence-corrected chi connectivity index (χ3v) is 9.17. The summed E-state index contributed by atoms with van der Waals surface area (Å²) in [6, 6.07) is 20.1. The molecule has 208 valence electrons. The van der Waals surface area contributed by atoms with Gasteiger partial charge in [-0.05, 0) is 78.8 Å². The smallest absolute Gasteiger partial charge is 0.318 e. The minimum Gasteiger partial charge on any atom is -0.496 e. The molecule has 0 spiro atoms. The highest BCUT2D eigenvalue weighted by Crippen LogP contribution is 2.49. The number of hydrogen-bond donors (Lipinski definition) is 2. The van der Waals surface area contributed by atoms with E-state index in [0.29, 0.717) is 61.2 Å². The molecule has 7 nitrogen and oxygen atoms in total. The van der Waals surface area contributed by atoms with Crippen LogP contribution in [0.1, 0.15) is 58.6 Å². The van der Waals surface area contributed by atoms with Crippen LogP contribution in [0.2, 0.25) is 0 Å². The first-order chi connectivity index (χ1) is 19.2. The molecule has 1 fully saturated rings. The quantitative estimate of drug-likeness (QED) is 0.341. The molecule has 3 aromatic carbocycles. The highest BCUT2D eigenvalue weighted by molar-refractivity contribution is 9.10. The zero-order valence-corrected chi connectivity index (χ0v) is 25.2. The number of nitrogens with zero attached hydrogens (tertiary/aromatic N) is 1. The number of ether oxygens (including phenoxy) is 1. The lowest BCUT2D eigenvalue weighted by Crippen LogP contribution is -2.49. The van der Waals surface area contributed by atoms with Gasteiger partial charge in [0.25, 0.3) is 5.91 Å². The fraction of sp³-hybridized carbons (Fsp3) is 0.323. The van der Waals surface area contributed by atoms with Crippen molar-refractivity contribution in [1.29, 1.82) is 0 Å². The molecule has 0 aromatic heterocycles. The molecule has 1 aliphatic heterocycles.